The number of carbonyl (C=O) groups excluding carboxylic acids is 1. The molecule has 1 N–H and O–H groups in total. The fraction of sp³-hybridized carbons (Fsp3) is 0.824. The molecule has 2 unspecified atom stereocenters. The summed E-state index contributed by atoms with van der Waals surface area (Å²) in [5.41, 5.74) is 0.952. The van der Waals surface area contributed by atoms with E-state index in [4.69, 9.17) is 9.84 Å². The molecule has 0 aromatic carbocycles. The van der Waals surface area contributed by atoms with Crippen molar-refractivity contribution in [2.75, 3.05) is 6.61 Å². The first-order chi connectivity index (χ1) is 9.35. The number of carbonyl (C=O) groups is 1. The van der Waals surface area contributed by atoms with Gasteiger partial charge in [-0.3, -0.25) is 4.79 Å². The summed E-state index contributed by atoms with van der Waals surface area (Å²) in [5, 5.41) is 8.91. The number of hydrogen-bond acceptors (Lipinski definition) is 3. The first-order valence-electron chi connectivity index (χ1n) is 7.79. The van der Waals surface area contributed by atoms with Crippen molar-refractivity contribution in [2.45, 2.75) is 72.3 Å². The first-order valence-corrected chi connectivity index (χ1v) is 7.79. The molecule has 0 saturated heterocycles. The summed E-state index contributed by atoms with van der Waals surface area (Å²) in [6.45, 7) is 12.2. The van der Waals surface area contributed by atoms with Gasteiger partial charge in [0.1, 0.15) is 6.10 Å². The van der Waals surface area contributed by atoms with E-state index in [2.05, 4.69) is 27.4 Å². The van der Waals surface area contributed by atoms with Gasteiger partial charge in [-0.15, -0.1) is 0 Å². The van der Waals surface area contributed by atoms with Crippen molar-refractivity contribution < 1.29 is 14.6 Å². The van der Waals surface area contributed by atoms with Gasteiger partial charge in [0.2, 0.25) is 0 Å². The van der Waals surface area contributed by atoms with Crippen LogP contribution in [0.3, 0.4) is 0 Å². The number of ether oxygens (including phenoxy) is 1. The molecule has 0 aliphatic carbocycles. The van der Waals surface area contributed by atoms with Gasteiger partial charge >= 0.3 is 5.97 Å². The summed E-state index contributed by atoms with van der Waals surface area (Å²) in [4.78, 5) is 11.2. The van der Waals surface area contributed by atoms with Gasteiger partial charge in [-0.25, -0.2) is 0 Å². The zero-order valence-electron chi connectivity index (χ0n) is 13.7. The molecule has 20 heavy (non-hydrogen) atoms. The third-order valence-electron chi connectivity index (χ3n) is 3.46. The molecule has 0 amide bonds. The Labute approximate surface area is 124 Å². The zero-order chi connectivity index (χ0) is 15.5. The molecule has 0 aliphatic heterocycles. The highest BCUT2D eigenvalue weighted by Crippen LogP contribution is 2.22. The third-order valence-corrected chi connectivity index (χ3v) is 3.46. The van der Waals surface area contributed by atoms with Crippen LogP contribution in [0, 0.1) is 11.8 Å². The molecular weight excluding hydrogens is 252 g/mol. The van der Waals surface area contributed by atoms with Crippen LogP contribution in [0.15, 0.2) is 12.2 Å². The van der Waals surface area contributed by atoms with E-state index in [1.165, 1.54) is 26.2 Å². The molecule has 0 bridgehead atoms. The Hall–Kier alpha value is -0.830. The second-order valence-corrected chi connectivity index (χ2v) is 6.32. The zero-order valence-corrected chi connectivity index (χ0v) is 13.7. The second-order valence-electron chi connectivity index (χ2n) is 6.32. The lowest BCUT2D eigenvalue weighted by atomic mass is 9.92. The lowest BCUT2D eigenvalue weighted by Crippen LogP contribution is -2.20. The fourth-order valence-electron chi connectivity index (χ4n) is 2.43. The Bertz CT molecular complexity index is 284. The fourth-order valence-corrected chi connectivity index (χ4v) is 2.43. The van der Waals surface area contributed by atoms with Crippen LogP contribution in [0.4, 0.5) is 0 Å². The lowest BCUT2D eigenvalue weighted by Gasteiger charge is -2.22. The maximum Gasteiger partial charge on any atom is 0.302 e. The third kappa shape index (κ3) is 11.0. The van der Waals surface area contributed by atoms with Crippen LogP contribution in [0.25, 0.3) is 0 Å². The Morgan fingerprint density at radius 3 is 2.40 bits per heavy atom. The Morgan fingerprint density at radius 2 is 1.90 bits per heavy atom. The molecule has 0 aromatic rings. The highest BCUT2D eigenvalue weighted by molar-refractivity contribution is 5.66. The van der Waals surface area contributed by atoms with Gasteiger partial charge in [0.15, 0.2) is 0 Å². The number of rotatable bonds is 11. The quantitative estimate of drug-likeness (QED) is 0.459. The van der Waals surface area contributed by atoms with E-state index in [-0.39, 0.29) is 18.7 Å². The number of aliphatic hydroxyl groups excluding tert-OH is 1. The SMILES string of the molecule is C=C(CCO)CC(CC(C)CCCC(C)C)OC(C)=O. The number of esters is 1. The van der Waals surface area contributed by atoms with Crippen molar-refractivity contribution in [1.29, 1.82) is 0 Å². The molecule has 0 saturated carbocycles. The molecule has 3 nitrogen and oxygen atoms in total. The van der Waals surface area contributed by atoms with Gasteiger partial charge in [-0.2, -0.15) is 0 Å². The standard InChI is InChI=1S/C17H32O3/c1-13(2)7-6-8-14(3)11-17(20-16(5)19)12-15(4)9-10-18/h13-14,17-18H,4,6-12H2,1-3,5H3. The highest BCUT2D eigenvalue weighted by atomic mass is 16.5. The molecule has 0 spiro atoms. The van der Waals surface area contributed by atoms with Crippen molar-refractivity contribution >= 4 is 5.97 Å². The van der Waals surface area contributed by atoms with Gasteiger partial charge in [-0.05, 0) is 24.7 Å². The van der Waals surface area contributed by atoms with Crippen LogP contribution in [-0.4, -0.2) is 23.8 Å². The topological polar surface area (TPSA) is 46.5 Å². The predicted molar refractivity (Wildman–Crippen MR) is 83.5 cm³/mol. The van der Waals surface area contributed by atoms with E-state index in [0.29, 0.717) is 18.8 Å². The van der Waals surface area contributed by atoms with E-state index in [1.54, 1.807) is 0 Å². The number of hydrogen-bond donors (Lipinski definition) is 1. The second kappa shape index (κ2) is 10.9. The summed E-state index contributed by atoms with van der Waals surface area (Å²) in [6.07, 6.45) is 5.67. The maximum absolute atomic E-state index is 11.2. The van der Waals surface area contributed by atoms with Crippen molar-refractivity contribution in [3.8, 4) is 0 Å². The van der Waals surface area contributed by atoms with E-state index in [0.717, 1.165) is 17.9 Å². The molecule has 0 radical (unpaired) electrons. The predicted octanol–water partition coefficient (Wildman–Crippen LogP) is 4.10. The van der Waals surface area contributed by atoms with Gasteiger partial charge in [0.25, 0.3) is 0 Å². The van der Waals surface area contributed by atoms with E-state index < -0.39 is 0 Å². The molecule has 2 atom stereocenters. The molecule has 0 fully saturated rings. The van der Waals surface area contributed by atoms with E-state index >= 15 is 0 Å². The molecule has 0 aromatic heterocycles. The van der Waals surface area contributed by atoms with Crippen LogP contribution < -0.4 is 0 Å². The molecule has 0 rings (SSSR count). The van der Waals surface area contributed by atoms with Crippen LogP contribution in [0.2, 0.25) is 0 Å². The van der Waals surface area contributed by atoms with E-state index in [1.807, 2.05) is 0 Å². The van der Waals surface area contributed by atoms with Gasteiger partial charge < -0.3 is 9.84 Å². The Morgan fingerprint density at radius 1 is 1.25 bits per heavy atom. The average molecular weight is 284 g/mol. The highest BCUT2D eigenvalue weighted by Gasteiger charge is 2.17. The smallest absolute Gasteiger partial charge is 0.302 e. The van der Waals surface area contributed by atoms with Gasteiger partial charge in [0, 0.05) is 20.0 Å². The maximum atomic E-state index is 11.2. The largest absolute Gasteiger partial charge is 0.462 e. The Balaban J connectivity index is 4.19. The lowest BCUT2D eigenvalue weighted by molar-refractivity contribution is -0.147. The normalized spacial score (nSPS) is 14.1. The molecule has 0 aliphatic rings. The monoisotopic (exact) mass is 284 g/mol. The van der Waals surface area contributed by atoms with Crippen LogP contribution in [0.5, 0.6) is 0 Å². The molecule has 118 valence electrons. The minimum absolute atomic E-state index is 0.0967. The van der Waals surface area contributed by atoms with Crippen LogP contribution in [-0.2, 0) is 9.53 Å². The van der Waals surface area contributed by atoms with Crippen LogP contribution in [0.1, 0.15) is 66.2 Å². The summed E-state index contributed by atoms with van der Waals surface area (Å²) in [7, 11) is 0. The summed E-state index contributed by atoms with van der Waals surface area (Å²) >= 11 is 0. The van der Waals surface area contributed by atoms with Crippen molar-refractivity contribution in [1.82, 2.24) is 0 Å². The minimum atomic E-state index is -0.235. The summed E-state index contributed by atoms with van der Waals surface area (Å²) < 4.78 is 5.38. The van der Waals surface area contributed by atoms with Gasteiger partial charge in [-0.1, -0.05) is 52.2 Å². The van der Waals surface area contributed by atoms with E-state index in [9.17, 15) is 4.79 Å². The van der Waals surface area contributed by atoms with Gasteiger partial charge in [0.05, 0.1) is 0 Å². The van der Waals surface area contributed by atoms with Crippen LogP contribution >= 0.6 is 0 Å². The molecular formula is C17H32O3. The minimum Gasteiger partial charge on any atom is -0.462 e. The van der Waals surface area contributed by atoms with Crippen molar-refractivity contribution in [3.05, 3.63) is 12.2 Å². The summed E-state index contributed by atoms with van der Waals surface area (Å²) in [5.74, 6) is 1.05. The molecule has 3 heteroatoms. The summed E-state index contributed by atoms with van der Waals surface area (Å²) in [6, 6.07) is 0. The number of aliphatic hydroxyl groups is 1. The first kappa shape index (κ1) is 19.2. The molecule has 0 heterocycles. The van der Waals surface area contributed by atoms with Crippen molar-refractivity contribution in [3.63, 3.8) is 0 Å². The van der Waals surface area contributed by atoms with Crippen molar-refractivity contribution in [2.24, 2.45) is 11.8 Å². The Kier molecular flexibility index (Phi) is 10.4. The average Bonchev–Trinajstić information content (AvgIpc) is 2.27.